The Kier molecular flexibility index (Phi) is 3.07. The van der Waals surface area contributed by atoms with Crippen molar-refractivity contribution in [2.45, 2.75) is 51.2 Å². The number of hydrogen-bond acceptors (Lipinski definition) is 3. The number of carbonyl (C=O) groups excluding carboxylic acids is 1. The minimum atomic E-state index is -0.137. The third-order valence-electron chi connectivity index (χ3n) is 3.82. The molecule has 0 saturated heterocycles. The van der Waals surface area contributed by atoms with Crippen LogP contribution in [-0.2, 0) is 17.8 Å². The van der Waals surface area contributed by atoms with E-state index in [0.29, 0.717) is 13.0 Å². The van der Waals surface area contributed by atoms with E-state index >= 15 is 0 Å². The molecule has 0 bridgehead atoms. The largest absolute Gasteiger partial charge is 0.352 e. The van der Waals surface area contributed by atoms with Gasteiger partial charge in [-0.05, 0) is 19.3 Å². The molecule has 2 aliphatic rings. The average Bonchev–Trinajstić information content (AvgIpc) is 3.03. The second kappa shape index (κ2) is 4.72. The van der Waals surface area contributed by atoms with Crippen LogP contribution < -0.4 is 10.6 Å². The number of carbonyl (C=O) groups is 1. The molecule has 2 atom stereocenters. The molecule has 1 saturated carbocycles. The fraction of sp³-hybridized carbons (Fsp3) is 0.692. The first-order valence-electron chi connectivity index (χ1n) is 6.77. The van der Waals surface area contributed by atoms with E-state index in [2.05, 4.69) is 27.5 Å². The van der Waals surface area contributed by atoms with E-state index < -0.39 is 0 Å². The third-order valence-corrected chi connectivity index (χ3v) is 3.82. The molecule has 2 unspecified atom stereocenters. The topological polar surface area (TPSA) is 69.8 Å². The molecule has 1 fully saturated rings. The summed E-state index contributed by atoms with van der Waals surface area (Å²) in [7, 11) is 0. The summed E-state index contributed by atoms with van der Waals surface area (Å²) in [6.45, 7) is 2.80. The molecule has 1 aromatic rings. The molecule has 1 amide bonds. The van der Waals surface area contributed by atoms with E-state index in [4.69, 9.17) is 0 Å². The van der Waals surface area contributed by atoms with Crippen molar-refractivity contribution in [2.75, 3.05) is 0 Å². The van der Waals surface area contributed by atoms with Crippen molar-refractivity contribution in [3.05, 3.63) is 17.7 Å². The summed E-state index contributed by atoms with van der Waals surface area (Å²) >= 11 is 0. The highest BCUT2D eigenvalue weighted by molar-refractivity contribution is 5.82. The zero-order valence-corrected chi connectivity index (χ0v) is 10.7. The zero-order chi connectivity index (χ0) is 12.5. The Morgan fingerprint density at radius 3 is 3.22 bits per heavy atom. The van der Waals surface area contributed by atoms with E-state index in [9.17, 15) is 4.79 Å². The number of H-pyrrole nitrogens is 1. The van der Waals surface area contributed by atoms with Crippen molar-refractivity contribution < 1.29 is 4.79 Å². The van der Waals surface area contributed by atoms with E-state index in [1.54, 1.807) is 6.33 Å². The van der Waals surface area contributed by atoms with Crippen LogP contribution in [0.25, 0.3) is 0 Å². The first-order chi connectivity index (χ1) is 8.72. The monoisotopic (exact) mass is 248 g/mol. The highest BCUT2D eigenvalue weighted by Crippen LogP contribution is 2.33. The van der Waals surface area contributed by atoms with Gasteiger partial charge in [0.15, 0.2) is 0 Å². The highest BCUT2D eigenvalue weighted by Gasteiger charge is 2.28. The lowest BCUT2D eigenvalue weighted by atomic mass is 10.0. The maximum Gasteiger partial charge on any atom is 0.237 e. The predicted molar refractivity (Wildman–Crippen MR) is 67.9 cm³/mol. The van der Waals surface area contributed by atoms with Crippen LogP contribution in [0.2, 0.25) is 0 Å². The van der Waals surface area contributed by atoms with Crippen LogP contribution in [0.4, 0.5) is 0 Å². The van der Waals surface area contributed by atoms with Crippen LogP contribution in [0.3, 0.4) is 0 Å². The van der Waals surface area contributed by atoms with Crippen molar-refractivity contribution in [3.8, 4) is 0 Å². The van der Waals surface area contributed by atoms with E-state index in [1.165, 1.54) is 12.8 Å². The number of rotatable bonds is 4. The Balaban J connectivity index is 1.53. The van der Waals surface area contributed by atoms with E-state index in [-0.39, 0.29) is 18.0 Å². The molecule has 98 valence electrons. The first kappa shape index (κ1) is 11.7. The van der Waals surface area contributed by atoms with Crippen LogP contribution >= 0.6 is 0 Å². The molecule has 1 aliphatic carbocycles. The minimum Gasteiger partial charge on any atom is -0.352 e. The summed E-state index contributed by atoms with van der Waals surface area (Å²) in [5.74, 6) is 0.953. The Morgan fingerprint density at radius 2 is 2.44 bits per heavy atom. The van der Waals surface area contributed by atoms with Crippen molar-refractivity contribution >= 4 is 5.91 Å². The first-order valence-corrected chi connectivity index (χ1v) is 6.77. The number of amides is 1. The molecule has 0 aromatic carbocycles. The molecule has 18 heavy (non-hydrogen) atoms. The van der Waals surface area contributed by atoms with Crippen LogP contribution in [0.15, 0.2) is 6.33 Å². The maximum absolute atomic E-state index is 12.1. The zero-order valence-electron chi connectivity index (χ0n) is 10.7. The van der Waals surface area contributed by atoms with Gasteiger partial charge in [-0.2, -0.15) is 0 Å². The number of fused-ring (bicyclic) bond motifs is 1. The Hall–Kier alpha value is -1.36. The number of aromatic nitrogens is 2. The predicted octanol–water partition coefficient (Wildman–Crippen LogP) is 0.729. The molecule has 5 nitrogen and oxygen atoms in total. The quantitative estimate of drug-likeness (QED) is 0.735. The summed E-state index contributed by atoms with van der Waals surface area (Å²) in [6.07, 6.45) is 6.16. The van der Waals surface area contributed by atoms with Gasteiger partial charge in [0, 0.05) is 19.0 Å². The lowest BCUT2D eigenvalue weighted by Gasteiger charge is -2.24. The fourth-order valence-corrected chi connectivity index (χ4v) is 2.61. The van der Waals surface area contributed by atoms with Gasteiger partial charge in [-0.1, -0.05) is 12.8 Å². The van der Waals surface area contributed by atoms with Gasteiger partial charge in [0.1, 0.15) is 0 Å². The molecule has 3 rings (SSSR count). The molecule has 0 spiro atoms. The molecule has 1 aliphatic heterocycles. The summed E-state index contributed by atoms with van der Waals surface area (Å²) < 4.78 is 0. The highest BCUT2D eigenvalue weighted by atomic mass is 16.2. The number of nitrogens with zero attached hydrogens (tertiary/aromatic N) is 1. The van der Waals surface area contributed by atoms with Gasteiger partial charge in [-0.15, -0.1) is 0 Å². The molecule has 1 aromatic heterocycles. The van der Waals surface area contributed by atoms with Gasteiger partial charge in [-0.3, -0.25) is 10.1 Å². The van der Waals surface area contributed by atoms with Gasteiger partial charge in [0.05, 0.1) is 23.8 Å². The molecular formula is C13H20N4O. The number of imidazole rings is 1. The molecule has 3 N–H and O–H groups in total. The second-order valence-electron chi connectivity index (χ2n) is 5.55. The normalized spacial score (nSPS) is 24.4. The lowest BCUT2D eigenvalue weighted by molar-refractivity contribution is -0.124. The fourth-order valence-electron chi connectivity index (χ4n) is 2.61. The van der Waals surface area contributed by atoms with Crippen molar-refractivity contribution in [1.29, 1.82) is 0 Å². The Morgan fingerprint density at radius 1 is 1.61 bits per heavy atom. The van der Waals surface area contributed by atoms with Crippen LogP contribution in [0.1, 0.15) is 37.6 Å². The number of hydrogen-bond donors (Lipinski definition) is 3. The van der Waals surface area contributed by atoms with Gasteiger partial charge in [0.2, 0.25) is 5.91 Å². The SMILES string of the molecule is CC(CC1CC1)NC(=O)C1Cc2nc[nH]c2CN1. The number of nitrogens with one attached hydrogen (secondary N) is 3. The Bertz CT molecular complexity index is 438. The molecule has 2 heterocycles. The van der Waals surface area contributed by atoms with Gasteiger partial charge < -0.3 is 10.3 Å². The van der Waals surface area contributed by atoms with Crippen molar-refractivity contribution in [3.63, 3.8) is 0 Å². The maximum atomic E-state index is 12.1. The molecule has 5 heteroatoms. The average molecular weight is 248 g/mol. The summed E-state index contributed by atoms with van der Waals surface area (Å²) in [4.78, 5) is 19.5. The van der Waals surface area contributed by atoms with Gasteiger partial charge >= 0.3 is 0 Å². The van der Waals surface area contributed by atoms with E-state index in [1.807, 2.05) is 0 Å². The minimum absolute atomic E-state index is 0.108. The number of aromatic amines is 1. The van der Waals surface area contributed by atoms with Crippen LogP contribution in [-0.4, -0.2) is 28.0 Å². The summed E-state index contributed by atoms with van der Waals surface area (Å²) in [6, 6.07) is 0.148. The molecular weight excluding hydrogens is 228 g/mol. The summed E-state index contributed by atoms with van der Waals surface area (Å²) in [5, 5.41) is 6.36. The van der Waals surface area contributed by atoms with Crippen molar-refractivity contribution in [1.82, 2.24) is 20.6 Å². The second-order valence-corrected chi connectivity index (χ2v) is 5.55. The molecule has 0 radical (unpaired) electrons. The van der Waals surface area contributed by atoms with Crippen molar-refractivity contribution in [2.24, 2.45) is 5.92 Å². The lowest BCUT2D eigenvalue weighted by Crippen LogP contribution is -2.50. The third kappa shape index (κ3) is 2.56. The standard InChI is InChI=1S/C13H20N4O/c1-8(4-9-2-3-9)17-13(18)11-5-10-12(6-14-11)16-7-15-10/h7-9,11,14H,2-6H2,1H3,(H,15,16)(H,17,18). The van der Waals surface area contributed by atoms with Gasteiger partial charge in [-0.25, -0.2) is 4.98 Å². The van der Waals surface area contributed by atoms with Crippen LogP contribution in [0.5, 0.6) is 0 Å². The summed E-state index contributed by atoms with van der Waals surface area (Å²) in [5.41, 5.74) is 2.12. The smallest absolute Gasteiger partial charge is 0.237 e. The van der Waals surface area contributed by atoms with E-state index in [0.717, 1.165) is 23.7 Å². The Labute approximate surface area is 107 Å². The van der Waals surface area contributed by atoms with Gasteiger partial charge in [0.25, 0.3) is 0 Å². The van der Waals surface area contributed by atoms with Crippen LogP contribution in [0, 0.1) is 5.92 Å².